The maximum Gasteiger partial charge on any atom is 0.242 e. The fourth-order valence-corrected chi connectivity index (χ4v) is 3.87. The lowest BCUT2D eigenvalue weighted by Gasteiger charge is -2.29. The Balaban J connectivity index is 2.17. The van der Waals surface area contributed by atoms with Gasteiger partial charge in [-0.25, -0.2) is 0 Å². The van der Waals surface area contributed by atoms with Crippen molar-refractivity contribution < 1.29 is 9.59 Å². The van der Waals surface area contributed by atoms with Crippen LogP contribution in [0.5, 0.6) is 0 Å². The molecular weight excluding hydrogens is 463 g/mol. The van der Waals surface area contributed by atoms with Crippen molar-refractivity contribution >= 4 is 58.4 Å². The molecule has 0 aromatic heterocycles. The van der Waals surface area contributed by atoms with Gasteiger partial charge in [0.2, 0.25) is 11.8 Å². The zero-order valence-corrected chi connectivity index (χ0v) is 20.2. The number of hydrogen-bond acceptors (Lipinski definition) is 3. The van der Waals surface area contributed by atoms with Crippen molar-refractivity contribution in [3.8, 4) is 0 Å². The maximum absolute atomic E-state index is 13.1. The average Bonchev–Trinajstić information content (AvgIpc) is 2.73. The van der Waals surface area contributed by atoms with Gasteiger partial charge in [0.1, 0.15) is 6.04 Å². The van der Waals surface area contributed by atoms with Crippen molar-refractivity contribution in [2.75, 3.05) is 5.75 Å². The van der Waals surface area contributed by atoms with Crippen molar-refractivity contribution in [2.45, 2.75) is 50.7 Å². The van der Waals surface area contributed by atoms with Crippen LogP contribution in [0.15, 0.2) is 47.4 Å². The minimum absolute atomic E-state index is 0.0327. The van der Waals surface area contributed by atoms with Gasteiger partial charge in [-0.3, -0.25) is 9.59 Å². The number of benzene rings is 2. The van der Waals surface area contributed by atoms with Crippen LogP contribution in [-0.4, -0.2) is 34.6 Å². The topological polar surface area (TPSA) is 49.4 Å². The lowest BCUT2D eigenvalue weighted by atomic mass is 10.1. The molecule has 0 fully saturated rings. The minimum Gasteiger partial charge on any atom is -0.352 e. The molecule has 0 saturated heterocycles. The first-order valence-electron chi connectivity index (χ1n) is 9.63. The number of carbonyl (C=O) groups excluding carboxylic acids is 2. The van der Waals surface area contributed by atoms with Crippen LogP contribution in [0.1, 0.15) is 32.8 Å². The van der Waals surface area contributed by atoms with Gasteiger partial charge in [-0.1, -0.05) is 47.8 Å². The summed E-state index contributed by atoms with van der Waals surface area (Å²) < 4.78 is 0. The van der Waals surface area contributed by atoms with Crippen LogP contribution in [0.4, 0.5) is 0 Å². The van der Waals surface area contributed by atoms with E-state index in [1.54, 1.807) is 42.2 Å². The Morgan fingerprint density at radius 3 is 2.30 bits per heavy atom. The van der Waals surface area contributed by atoms with E-state index in [1.165, 1.54) is 11.8 Å². The zero-order valence-electron chi connectivity index (χ0n) is 17.1. The Bertz CT molecular complexity index is 877. The number of hydrogen-bond donors (Lipinski definition) is 1. The first-order chi connectivity index (χ1) is 14.2. The van der Waals surface area contributed by atoms with Gasteiger partial charge in [0, 0.05) is 22.5 Å². The first-order valence-corrected chi connectivity index (χ1v) is 11.7. The third-order valence-corrected chi connectivity index (χ3v) is 6.67. The van der Waals surface area contributed by atoms with Crippen molar-refractivity contribution in [2.24, 2.45) is 0 Å². The number of carbonyl (C=O) groups is 2. The van der Waals surface area contributed by atoms with E-state index in [9.17, 15) is 9.59 Å². The highest BCUT2D eigenvalue weighted by Gasteiger charge is 2.27. The van der Waals surface area contributed by atoms with E-state index in [4.69, 9.17) is 34.8 Å². The lowest BCUT2D eigenvalue weighted by Crippen LogP contribution is -2.50. The van der Waals surface area contributed by atoms with Gasteiger partial charge in [0.15, 0.2) is 0 Å². The van der Waals surface area contributed by atoms with Gasteiger partial charge in [0.05, 0.1) is 15.8 Å². The number of amides is 2. The highest BCUT2D eigenvalue weighted by atomic mass is 35.5. The van der Waals surface area contributed by atoms with Crippen molar-refractivity contribution in [3.63, 3.8) is 0 Å². The van der Waals surface area contributed by atoms with Crippen LogP contribution >= 0.6 is 46.6 Å². The van der Waals surface area contributed by atoms with Crippen molar-refractivity contribution in [1.29, 1.82) is 0 Å². The van der Waals surface area contributed by atoms with E-state index < -0.39 is 6.04 Å². The number of halogens is 3. The Morgan fingerprint density at radius 1 is 1.03 bits per heavy atom. The first kappa shape index (κ1) is 24.9. The molecule has 162 valence electrons. The monoisotopic (exact) mass is 486 g/mol. The molecule has 0 unspecified atom stereocenters. The van der Waals surface area contributed by atoms with Crippen molar-refractivity contribution in [3.05, 3.63) is 63.1 Å². The highest BCUT2D eigenvalue weighted by Crippen LogP contribution is 2.25. The molecule has 0 bridgehead atoms. The maximum atomic E-state index is 13.1. The molecule has 4 nitrogen and oxygen atoms in total. The Morgan fingerprint density at radius 2 is 1.70 bits per heavy atom. The Kier molecular flexibility index (Phi) is 9.82. The number of nitrogens with zero attached hydrogens (tertiary/aromatic N) is 1. The largest absolute Gasteiger partial charge is 0.352 e. The van der Waals surface area contributed by atoms with Gasteiger partial charge < -0.3 is 10.2 Å². The summed E-state index contributed by atoms with van der Waals surface area (Å²) in [6, 6.07) is 11.9. The number of nitrogens with one attached hydrogen (secondary N) is 1. The molecule has 0 heterocycles. The zero-order chi connectivity index (χ0) is 22.3. The minimum atomic E-state index is -0.633. The predicted molar refractivity (Wildman–Crippen MR) is 127 cm³/mol. The van der Waals surface area contributed by atoms with Crippen LogP contribution in [0.3, 0.4) is 0 Å². The number of rotatable bonds is 9. The molecule has 2 amide bonds. The highest BCUT2D eigenvalue weighted by molar-refractivity contribution is 8.00. The quantitative estimate of drug-likeness (QED) is 0.437. The second kappa shape index (κ2) is 11.8. The smallest absolute Gasteiger partial charge is 0.242 e. The standard InChI is InChI=1S/C22H25Cl3N2O2S/c1-4-14(2)26-22(29)15(3)27(12-16-5-10-19(24)20(25)11-16)21(28)13-30-18-8-6-17(23)7-9-18/h5-11,14-15H,4,12-13H2,1-3H3,(H,26,29)/t14-,15-/m1/s1. The van der Waals surface area contributed by atoms with E-state index in [1.807, 2.05) is 26.0 Å². The molecule has 0 aliphatic heterocycles. The second-order valence-electron chi connectivity index (χ2n) is 7.01. The molecular formula is C22H25Cl3N2O2S. The van der Waals surface area contributed by atoms with Crippen LogP contribution in [0.25, 0.3) is 0 Å². The Labute approximate surface area is 197 Å². The molecule has 0 aliphatic rings. The van der Waals surface area contributed by atoms with E-state index in [-0.39, 0.29) is 30.2 Å². The second-order valence-corrected chi connectivity index (χ2v) is 9.31. The van der Waals surface area contributed by atoms with E-state index in [2.05, 4.69) is 5.32 Å². The molecule has 1 N–H and O–H groups in total. The summed E-state index contributed by atoms with van der Waals surface area (Å²) in [5, 5.41) is 4.45. The van der Waals surface area contributed by atoms with Gasteiger partial charge in [0.25, 0.3) is 0 Å². The summed E-state index contributed by atoms with van der Waals surface area (Å²) in [6.45, 7) is 5.93. The third kappa shape index (κ3) is 7.38. The van der Waals surface area contributed by atoms with Crippen LogP contribution < -0.4 is 5.32 Å². The van der Waals surface area contributed by atoms with Crippen LogP contribution in [0.2, 0.25) is 15.1 Å². The predicted octanol–water partition coefficient (Wildman–Crippen LogP) is 6.07. The molecule has 0 aliphatic carbocycles. The summed E-state index contributed by atoms with van der Waals surface area (Å²) in [4.78, 5) is 28.3. The average molecular weight is 488 g/mol. The summed E-state index contributed by atoms with van der Waals surface area (Å²) in [5.74, 6) is -0.133. The van der Waals surface area contributed by atoms with Crippen LogP contribution in [-0.2, 0) is 16.1 Å². The fourth-order valence-electron chi connectivity index (χ4n) is 2.64. The molecule has 2 aromatic carbocycles. The van der Waals surface area contributed by atoms with E-state index in [0.717, 1.165) is 16.9 Å². The molecule has 0 saturated carbocycles. The van der Waals surface area contributed by atoms with Gasteiger partial charge in [-0.05, 0) is 62.2 Å². The lowest BCUT2D eigenvalue weighted by molar-refractivity contribution is -0.138. The molecule has 0 radical (unpaired) electrons. The van der Waals surface area contributed by atoms with Gasteiger partial charge >= 0.3 is 0 Å². The third-order valence-electron chi connectivity index (χ3n) is 4.68. The molecule has 2 aromatic rings. The molecule has 30 heavy (non-hydrogen) atoms. The van der Waals surface area contributed by atoms with Crippen molar-refractivity contribution in [1.82, 2.24) is 10.2 Å². The fraction of sp³-hybridized carbons (Fsp3) is 0.364. The summed E-state index contributed by atoms with van der Waals surface area (Å²) in [6.07, 6.45) is 0.811. The molecule has 0 spiro atoms. The van der Waals surface area contributed by atoms with E-state index >= 15 is 0 Å². The summed E-state index contributed by atoms with van der Waals surface area (Å²) in [7, 11) is 0. The molecule has 8 heteroatoms. The summed E-state index contributed by atoms with van der Waals surface area (Å²) in [5.41, 5.74) is 0.803. The number of thioether (sulfide) groups is 1. The Hall–Kier alpha value is -1.40. The van der Waals surface area contributed by atoms with Gasteiger partial charge in [-0.15, -0.1) is 11.8 Å². The SMILES string of the molecule is CC[C@@H](C)NC(=O)[C@@H](C)N(Cc1ccc(Cl)c(Cl)c1)C(=O)CSc1ccc(Cl)cc1. The van der Waals surface area contributed by atoms with Crippen LogP contribution in [0, 0.1) is 0 Å². The van der Waals surface area contributed by atoms with Gasteiger partial charge in [-0.2, -0.15) is 0 Å². The van der Waals surface area contributed by atoms with E-state index in [0.29, 0.717) is 15.1 Å². The molecule has 2 rings (SSSR count). The normalized spacial score (nSPS) is 12.9. The summed E-state index contributed by atoms with van der Waals surface area (Å²) >= 11 is 19.5. The molecule has 2 atom stereocenters.